The highest BCUT2D eigenvalue weighted by atomic mass is 19.1. The SMILES string of the molecule is Cc1ccc2c(c1)Cc1cc(C)ccc1N2CF. The molecular formula is C16H16FN. The van der Waals surface area contributed by atoms with Gasteiger partial charge in [0, 0.05) is 17.8 Å². The van der Waals surface area contributed by atoms with Crippen molar-refractivity contribution in [3.8, 4) is 0 Å². The lowest BCUT2D eigenvalue weighted by Crippen LogP contribution is -2.22. The molecule has 3 rings (SSSR count). The molecule has 0 N–H and O–H groups in total. The Balaban J connectivity index is 2.18. The van der Waals surface area contributed by atoms with E-state index >= 15 is 0 Å². The first-order chi connectivity index (χ1) is 8.69. The van der Waals surface area contributed by atoms with E-state index in [0.717, 1.165) is 17.8 Å². The molecule has 1 heterocycles. The van der Waals surface area contributed by atoms with Crippen molar-refractivity contribution in [2.75, 3.05) is 11.7 Å². The van der Waals surface area contributed by atoms with Gasteiger partial charge in [0.1, 0.15) is 0 Å². The summed E-state index contributed by atoms with van der Waals surface area (Å²) in [6.07, 6.45) is 0.893. The first-order valence-electron chi connectivity index (χ1n) is 6.21. The lowest BCUT2D eigenvalue weighted by atomic mass is 9.93. The van der Waals surface area contributed by atoms with Crippen molar-refractivity contribution in [3.05, 3.63) is 58.7 Å². The van der Waals surface area contributed by atoms with Crippen LogP contribution < -0.4 is 4.90 Å². The van der Waals surface area contributed by atoms with Gasteiger partial charge in [-0.25, -0.2) is 4.39 Å². The van der Waals surface area contributed by atoms with Gasteiger partial charge in [0.2, 0.25) is 0 Å². The molecule has 0 fully saturated rings. The zero-order valence-electron chi connectivity index (χ0n) is 10.7. The summed E-state index contributed by atoms with van der Waals surface area (Å²) in [5.74, 6) is 0. The molecule has 0 unspecified atom stereocenters. The fraction of sp³-hybridized carbons (Fsp3) is 0.250. The maximum Gasteiger partial charge on any atom is 0.166 e. The molecule has 0 aliphatic carbocycles. The third-order valence-electron chi connectivity index (χ3n) is 3.55. The first-order valence-corrected chi connectivity index (χ1v) is 6.21. The molecule has 2 heteroatoms. The third-order valence-corrected chi connectivity index (χ3v) is 3.55. The molecule has 0 saturated carbocycles. The fourth-order valence-electron chi connectivity index (χ4n) is 2.70. The van der Waals surface area contributed by atoms with Crippen LogP contribution in [0.4, 0.5) is 15.8 Å². The normalized spacial score (nSPS) is 13.2. The molecule has 0 amide bonds. The minimum atomic E-state index is -0.480. The van der Waals surface area contributed by atoms with Crippen LogP contribution in [0.15, 0.2) is 36.4 Å². The summed E-state index contributed by atoms with van der Waals surface area (Å²) in [6, 6.07) is 12.4. The molecule has 1 aliphatic rings. The summed E-state index contributed by atoms with van der Waals surface area (Å²) in [5.41, 5.74) is 6.88. The van der Waals surface area contributed by atoms with Gasteiger partial charge in [-0.15, -0.1) is 0 Å². The van der Waals surface area contributed by atoms with Crippen LogP contribution in [0.5, 0.6) is 0 Å². The van der Waals surface area contributed by atoms with E-state index in [1.54, 1.807) is 4.90 Å². The summed E-state index contributed by atoms with van der Waals surface area (Å²) in [4.78, 5) is 1.76. The highest BCUT2D eigenvalue weighted by molar-refractivity contribution is 5.74. The van der Waals surface area contributed by atoms with Gasteiger partial charge in [0.15, 0.2) is 6.80 Å². The Labute approximate surface area is 107 Å². The summed E-state index contributed by atoms with van der Waals surface area (Å²) in [7, 11) is 0. The summed E-state index contributed by atoms with van der Waals surface area (Å²) in [6.45, 7) is 3.67. The molecule has 0 aromatic heterocycles. The first kappa shape index (κ1) is 11.3. The molecule has 18 heavy (non-hydrogen) atoms. The van der Waals surface area contributed by atoms with E-state index < -0.39 is 6.80 Å². The quantitative estimate of drug-likeness (QED) is 0.674. The number of hydrogen-bond donors (Lipinski definition) is 0. The van der Waals surface area contributed by atoms with E-state index in [-0.39, 0.29) is 0 Å². The van der Waals surface area contributed by atoms with Crippen LogP contribution in [0, 0.1) is 13.8 Å². The van der Waals surface area contributed by atoms with Crippen molar-refractivity contribution < 1.29 is 4.39 Å². The summed E-state index contributed by atoms with van der Waals surface area (Å²) >= 11 is 0. The van der Waals surface area contributed by atoms with Crippen molar-refractivity contribution in [2.45, 2.75) is 20.3 Å². The molecule has 0 radical (unpaired) electrons. The minimum Gasteiger partial charge on any atom is -0.313 e. The number of alkyl halides is 1. The number of rotatable bonds is 1. The number of nitrogens with zero attached hydrogens (tertiary/aromatic N) is 1. The number of benzene rings is 2. The largest absolute Gasteiger partial charge is 0.313 e. The van der Waals surface area contributed by atoms with Crippen LogP contribution in [0.2, 0.25) is 0 Å². The Morgan fingerprint density at radius 3 is 1.89 bits per heavy atom. The maximum atomic E-state index is 13.4. The highest BCUT2D eigenvalue weighted by Crippen LogP contribution is 2.39. The van der Waals surface area contributed by atoms with Gasteiger partial charge in [-0.3, -0.25) is 0 Å². The number of anilines is 2. The number of hydrogen-bond acceptors (Lipinski definition) is 1. The Morgan fingerprint density at radius 1 is 0.944 bits per heavy atom. The van der Waals surface area contributed by atoms with Crippen molar-refractivity contribution in [2.24, 2.45) is 0 Å². The van der Waals surface area contributed by atoms with Crippen molar-refractivity contribution >= 4 is 11.4 Å². The van der Waals surface area contributed by atoms with Crippen LogP contribution in [-0.2, 0) is 6.42 Å². The van der Waals surface area contributed by atoms with E-state index in [1.807, 2.05) is 24.3 Å². The lowest BCUT2D eigenvalue weighted by Gasteiger charge is -2.31. The van der Waals surface area contributed by atoms with E-state index in [1.165, 1.54) is 22.3 Å². The second-order valence-corrected chi connectivity index (χ2v) is 4.99. The van der Waals surface area contributed by atoms with Gasteiger partial charge in [-0.2, -0.15) is 0 Å². The van der Waals surface area contributed by atoms with E-state index in [9.17, 15) is 4.39 Å². The van der Waals surface area contributed by atoms with Crippen LogP contribution in [0.25, 0.3) is 0 Å². The third kappa shape index (κ3) is 1.69. The van der Waals surface area contributed by atoms with Crippen molar-refractivity contribution in [3.63, 3.8) is 0 Å². The average molecular weight is 241 g/mol. The lowest BCUT2D eigenvalue weighted by molar-refractivity contribution is 0.500. The van der Waals surface area contributed by atoms with E-state index in [2.05, 4.69) is 26.0 Å². The Bertz CT molecular complexity index is 553. The standard InChI is InChI=1S/C16H16FN/c1-11-3-5-15-13(7-11)9-14-8-12(2)4-6-16(14)18(15)10-17/h3-8H,9-10H2,1-2H3. The van der Waals surface area contributed by atoms with Gasteiger partial charge >= 0.3 is 0 Å². The van der Waals surface area contributed by atoms with Gasteiger partial charge in [-0.1, -0.05) is 35.4 Å². The topological polar surface area (TPSA) is 3.24 Å². The highest BCUT2D eigenvalue weighted by Gasteiger charge is 2.22. The minimum absolute atomic E-state index is 0.480. The summed E-state index contributed by atoms with van der Waals surface area (Å²) < 4.78 is 13.4. The van der Waals surface area contributed by atoms with Crippen LogP contribution in [-0.4, -0.2) is 6.80 Å². The molecule has 0 bridgehead atoms. The second-order valence-electron chi connectivity index (χ2n) is 4.99. The Kier molecular flexibility index (Phi) is 2.58. The Morgan fingerprint density at radius 2 is 1.44 bits per heavy atom. The van der Waals surface area contributed by atoms with Gasteiger partial charge < -0.3 is 4.90 Å². The molecular weight excluding hydrogens is 225 g/mol. The molecule has 0 atom stereocenters. The van der Waals surface area contributed by atoms with Crippen molar-refractivity contribution in [1.82, 2.24) is 0 Å². The predicted molar refractivity (Wildman–Crippen MR) is 73.3 cm³/mol. The fourth-order valence-corrected chi connectivity index (χ4v) is 2.70. The molecule has 92 valence electrons. The van der Waals surface area contributed by atoms with Gasteiger partial charge in [0.25, 0.3) is 0 Å². The number of halogens is 1. The molecule has 1 nitrogen and oxygen atoms in total. The van der Waals surface area contributed by atoms with E-state index in [4.69, 9.17) is 0 Å². The Hall–Kier alpha value is -1.83. The molecule has 0 saturated heterocycles. The number of aryl methyl sites for hydroxylation is 2. The molecule has 2 aromatic rings. The van der Waals surface area contributed by atoms with Gasteiger partial charge in [0.05, 0.1) is 0 Å². The number of fused-ring (bicyclic) bond motifs is 2. The van der Waals surface area contributed by atoms with E-state index in [0.29, 0.717) is 0 Å². The second kappa shape index (κ2) is 4.13. The smallest absolute Gasteiger partial charge is 0.166 e. The zero-order valence-corrected chi connectivity index (χ0v) is 10.7. The molecule has 0 spiro atoms. The van der Waals surface area contributed by atoms with Crippen LogP contribution in [0.3, 0.4) is 0 Å². The molecule has 2 aromatic carbocycles. The van der Waals surface area contributed by atoms with Crippen molar-refractivity contribution in [1.29, 1.82) is 0 Å². The maximum absolute atomic E-state index is 13.4. The zero-order chi connectivity index (χ0) is 12.7. The monoisotopic (exact) mass is 241 g/mol. The summed E-state index contributed by atoms with van der Waals surface area (Å²) in [5, 5.41) is 0. The predicted octanol–water partition coefficient (Wildman–Crippen LogP) is 4.27. The van der Waals surface area contributed by atoms with Crippen LogP contribution >= 0.6 is 0 Å². The van der Waals surface area contributed by atoms with Gasteiger partial charge in [-0.05, 0) is 37.1 Å². The molecule has 1 aliphatic heterocycles. The average Bonchev–Trinajstić information content (AvgIpc) is 2.35. The van der Waals surface area contributed by atoms with Crippen LogP contribution in [0.1, 0.15) is 22.3 Å².